The fraction of sp³-hybridized carbons (Fsp3) is 0.462. The number of hydrogen-bond donors (Lipinski definition) is 0. The lowest BCUT2D eigenvalue weighted by Gasteiger charge is -2.27. The number of halogens is 2. The van der Waals surface area contributed by atoms with Gasteiger partial charge in [0.2, 0.25) is 5.91 Å². The van der Waals surface area contributed by atoms with E-state index >= 15 is 0 Å². The second kappa shape index (κ2) is 6.01. The van der Waals surface area contributed by atoms with Gasteiger partial charge in [0.1, 0.15) is 5.82 Å². The van der Waals surface area contributed by atoms with Crippen LogP contribution in [0.1, 0.15) is 25.5 Å². The number of carbonyl (C=O) groups is 1. The summed E-state index contributed by atoms with van der Waals surface area (Å²) in [7, 11) is 1.67. The maximum Gasteiger partial charge on any atom is 0.226 e. The number of nitrogens with zero attached hydrogens (tertiary/aromatic N) is 1. The normalized spacial score (nSPS) is 14.2. The van der Waals surface area contributed by atoms with Crippen LogP contribution in [-0.4, -0.2) is 23.7 Å². The zero-order valence-corrected chi connectivity index (χ0v) is 11.0. The average Bonchev–Trinajstić information content (AvgIpc) is 2.35. The summed E-state index contributed by atoms with van der Waals surface area (Å²) in [6.45, 7) is 3.57. The van der Waals surface area contributed by atoms with Crippen molar-refractivity contribution < 1.29 is 9.18 Å². The van der Waals surface area contributed by atoms with Crippen LogP contribution in [0, 0.1) is 11.7 Å². The van der Waals surface area contributed by atoms with Crippen molar-refractivity contribution in [2.75, 3.05) is 12.9 Å². The smallest absolute Gasteiger partial charge is 0.226 e. The molecule has 2 nitrogen and oxygen atoms in total. The van der Waals surface area contributed by atoms with Gasteiger partial charge in [-0.05, 0) is 13.0 Å². The van der Waals surface area contributed by atoms with Gasteiger partial charge in [0.15, 0.2) is 0 Å². The zero-order valence-electron chi connectivity index (χ0n) is 10.3. The monoisotopic (exact) mass is 257 g/mol. The van der Waals surface area contributed by atoms with Crippen LogP contribution in [0.4, 0.5) is 4.39 Å². The Morgan fingerprint density at radius 1 is 1.41 bits per heavy atom. The molecule has 0 aliphatic carbocycles. The van der Waals surface area contributed by atoms with Crippen LogP contribution in [0.25, 0.3) is 0 Å². The summed E-state index contributed by atoms with van der Waals surface area (Å²) >= 11 is 5.65. The molecule has 94 valence electrons. The molecule has 0 aromatic heterocycles. The quantitative estimate of drug-likeness (QED) is 0.759. The second-order valence-corrected chi connectivity index (χ2v) is 4.51. The zero-order chi connectivity index (χ0) is 13.0. The Kier molecular flexibility index (Phi) is 4.94. The van der Waals surface area contributed by atoms with E-state index < -0.39 is 0 Å². The summed E-state index contributed by atoms with van der Waals surface area (Å²) in [5.74, 6) is -0.350. The maximum absolute atomic E-state index is 13.6. The summed E-state index contributed by atoms with van der Waals surface area (Å²) < 4.78 is 13.6. The van der Waals surface area contributed by atoms with Crippen LogP contribution in [0.2, 0.25) is 0 Å². The van der Waals surface area contributed by atoms with E-state index in [-0.39, 0.29) is 29.6 Å². The fourth-order valence-corrected chi connectivity index (χ4v) is 1.76. The third-order valence-electron chi connectivity index (χ3n) is 2.94. The number of rotatable bonds is 4. The predicted molar refractivity (Wildman–Crippen MR) is 67.5 cm³/mol. The van der Waals surface area contributed by atoms with Gasteiger partial charge in [-0.3, -0.25) is 4.79 Å². The van der Waals surface area contributed by atoms with Crippen LogP contribution in [-0.2, 0) is 4.79 Å². The Morgan fingerprint density at radius 2 is 2.00 bits per heavy atom. The van der Waals surface area contributed by atoms with E-state index in [1.165, 1.54) is 11.0 Å². The van der Waals surface area contributed by atoms with E-state index in [1.807, 2.05) is 0 Å². The lowest BCUT2D eigenvalue weighted by atomic mass is 10.0. The summed E-state index contributed by atoms with van der Waals surface area (Å²) in [5, 5.41) is 0. The molecule has 2 unspecified atom stereocenters. The molecule has 4 heteroatoms. The SMILES string of the molecule is CC(CCl)C(=O)N(C)C(C)c1ccccc1F. The summed E-state index contributed by atoms with van der Waals surface area (Å²) in [6.07, 6.45) is 0. The van der Waals surface area contributed by atoms with E-state index in [0.717, 1.165) is 0 Å². The molecule has 0 aliphatic rings. The van der Waals surface area contributed by atoms with Gasteiger partial charge >= 0.3 is 0 Å². The van der Waals surface area contributed by atoms with Crippen molar-refractivity contribution in [2.24, 2.45) is 5.92 Å². The minimum Gasteiger partial charge on any atom is -0.339 e. The van der Waals surface area contributed by atoms with Gasteiger partial charge in [-0.2, -0.15) is 0 Å². The van der Waals surface area contributed by atoms with Crippen LogP contribution in [0.15, 0.2) is 24.3 Å². The highest BCUT2D eigenvalue weighted by Crippen LogP contribution is 2.23. The number of hydrogen-bond acceptors (Lipinski definition) is 1. The Balaban J connectivity index is 2.87. The molecule has 0 fully saturated rings. The molecule has 0 bridgehead atoms. The number of carbonyl (C=O) groups excluding carboxylic acids is 1. The van der Waals surface area contributed by atoms with Crippen LogP contribution >= 0.6 is 11.6 Å². The molecule has 1 aromatic carbocycles. The van der Waals surface area contributed by atoms with Gasteiger partial charge in [-0.15, -0.1) is 11.6 Å². The Labute approximate surface area is 106 Å². The van der Waals surface area contributed by atoms with Crippen molar-refractivity contribution in [3.63, 3.8) is 0 Å². The lowest BCUT2D eigenvalue weighted by molar-refractivity contribution is -0.134. The Bertz CT molecular complexity index is 397. The molecule has 0 heterocycles. The van der Waals surface area contributed by atoms with E-state index in [1.54, 1.807) is 39.1 Å². The van der Waals surface area contributed by atoms with Gasteiger partial charge in [-0.25, -0.2) is 4.39 Å². The third-order valence-corrected chi connectivity index (χ3v) is 3.40. The topological polar surface area (TPSA) is 20.3 Å². The number of alkyl halides is 1. The van der Waals surface area contributed by atoms with Crippen LogP contribution in [0.3, 0.4) is 0 Å². The molecule has 0 spiro atoms. The van der Waals surface area contributed by atoms with E-state index in [4.69, 9.17) is 11.6 Å². The first-order valence-corrected chi connectivity index (χ1v) is 6.09. The highest BCUT2D eigenvalue weighted by molar-refractivity contribution is 6.19. The molecule has 0 radical (unpaired) electrons. The van der Waals surface area contributed by atoms with Crippen molar-refractivity contribution in [1.82, 2.24) is 4.90 Å². The van der Waals surface area contributed by atoms with Crippen molar-refractivity contribution in [1.29, 1.82) is 0 Å². The van der Waals surface area contributed by atoms with Crippen LogP contribution in [0.5, 0.6) is 0 Å². The molecule has 1 amide bonds. The molecule has 0 saturated carbocycles. The summed E-state index contributed by atoms with van der Waals surface area (Å²) in [4.78, 5) is 13.5. The van der Waals surface area contributed by atoms with Crippen molar-refractivity contribution in [2.45, 2.75) is 19.9 Å². The molecule has 0 aliphatic heterocycles. The van der Waals surface area contributed by atoms with E-state index in [0.29, 0.717) is 5.56 Å². The largest absolute Gasteiger partial charge is 0.339 e. The van der Waals surface area contributed by atoms with Gasteiger partial charge in [0.05, 0.1) is 6.04 Å². The van der Waals surface area contributed by atoms with Gasteiger partial charge in [-0.1, -0.05) is 25.1 Å². The first kappa shape index (κ1) is 14.0. The Hall–Kier alpha value is -1.09. The summed E-state index contributed by atoms with van der Waals surface area (Å²) in [5.41, 5.74) is 0.519. The predicted octanol–water partition coefficient (Wildman–Crippen LogP) is 3.22. The third kappa shape index (κ3) is 3.19. The van der Waals surface area contributed by atoms with Crippen molar-refractivity contribution in [3.8, 4) is 0 Å². The van der Waals surface area contributed by atoms with Crippen LogP contribution < -0.4 is 0 Å². The second-order valence-electron chi connectivity index (χ2n) is 4.20. The van der Waals surface area contributed by atoms with Crippen molar-refractivity contribution >= 4 is 17.5 Å². The van der Waals surface area contributed by atoms with E-state index in [9.17, 15) is 9.18 Å². The molecule has 1 rings (SSSR count). The Morgan fingerprint density at radius 3 is 2.53 bits per heavy atom. The molecular formula is C13H17ClFNO. The number of benzene rings is 1. The molecule has 0 saturated heterocycles. The summed E-state index contributed by atoms with van der Waals surface area (Å²) in [6, 6.07) is 6.19. The minimum absolute atomic E-state index is 0.0734. The average molecular weight is 258 g/mol. The highest BCUT2D eigenvalue weighted by Gasteiger charge is 2.23. The molecule has 1 aromatic rings. The van der Waals surface area contributed by atoms with Gasteiger partial charge < -0.3 is 4.90 Å². The van der Waals surface area contributed by atoms with E-state index in [2.05, 4.69) is 0 Å². The number of amides is 1. The maximum atomic E-state index is 13.6. The fourth-order valence-electron chi connectivity index (χ4n) is 1.63. The molecule has 17 heavy (non-hydrogen) atoms. The first-order valence-electron chi connectivity index (χ1n) is 5.56. The first-order chi connectivity index (χ1) is 7.99. The molecule has 0 N–H and O–H groups in total. The van der Waals surface area contributed by atoms with Gasteiger partial charge in [0.25, 0.3) is 0 Å². The molecular weight excluding hydrogens is 241 g/mol. The standard InChI is InChI=1S/C13H17ClFNO/c1-9(8-14)13(17)16(3)10(2)11-6-4-5-7-12(11)15/h4-7,9-10H,8H2,1-3H3. The lowest BCUT2D eigenvalue weighted by Crippen LogP contribution is -2.34. The van der Waals surface area contributed by atoms with Gasteiger partial charge in [0, 0.05) is 24.4 Å². The minimum atomic E-state index is -0.297. The highest BCUT2D eigenvalue weighted by atomic mass is 35.5. The molecule has 2 atom stereocenters. The van der Waals surface area contributed by atoms with Crippen molar-refractivity contribution in [3.05, 3.63) is 35.6 Å².